The largest absolute Gasteiger partial charge is 0.452 e. The van der Waals surface area contributed by atoms with Crippen LogP contribution >= 0.6 is 0 Å². The van der Waals surface area contributed by atoms with Gasteiger partial charge in [0.1, 0.15) is 9.73 Å². The molecule has 1 aliphatic heterocycles. The Labute approximate surface area is 131 Å². The minimum Gasteiger partial charge on any atom is -0.240 e. The minimum absolute atomic E-state index is 0.00165. The van der Waals surface area contributed by atoms with Crippen LogP contribution < -0.4 is 0 Å². The molecule has 0 saturated carbocycles. The molecule has 1 heterocycles. The van der Waals surface area contributed by atoms with Gasteiger partial charge in [-0.2, -0.15) is 17.5 Å². The summed E-state index contributed by atoms with van der Waals surface area (Å²) in [6.45, 7) is 0. The van der Waals surface area contributed by atoms with Crippen LogP contribution in [0.2, 0.25) is 0 Å². The van der Waals surface area contributed by atoms with Gasteiger partial charge in [-0.05, 0) is 12.1 Å². The van der Waals surface area contributed by atoms with Crippen LogP contribution in [0.5, 0.6) is 0 Å². The Morgan fingerprint density at radius 3 is 2.00 bits per heavy atom. The summed E-state index contributed by atoms with van der Waals surface area (Å²) in [7, 11) is -3.39. The van der Waals surface area contributed by atoms with E-state index in [0.29, 0.717) is 5.56 Å². The van der Waals surface area contributed by atoms with Gasteiger partial charge < -0.3 is 0 Å². The quantitative estimate of drug-likeness (QED) is 0.797. The second-order valence-electron chi connectivity index (χ2n) is 4.78. The van der Waals surface area contributed by atoms with E-state index in [1.54, 1.807) is 48.5 Å². The molecule has 0 amide bonds. The standard InChI is InChI=1S/C16H11F3N2OS/c17-16(18,19)15-20-14(12-7-3-1-4-8-12)11-23(22,21-15)13-9-5-2-6-10-13/h1-11H. The minimum atomic E-state index is -4.77. The summed E-state index contributed by atoms with van der Waals surface area (Å²) in [4.78, 5) is 3.76. The van der Waals surface area contributed by atoms with Crippen LogP contribution in [0.1, 0.15) is 5.56 Å². The second-order valence-corrected chi connectivity index (χ2v) is 6.80. The molecule has 23 heavy (non-hydrogen) atoms. The maximum atomic E-state index is 13.1. The summed E-state index contributed by atoms with van der Waals surface area (Å²) in [6, 6.07) is 16.2. The molecular weight excluding hydrogens is 325 g/mol. The van der Waals surface area contributed by atoms with E-state index < -0.39 is 21.7 Å². The lowest BCUT2D eigenvalue weighted by Crippen LogP contribution is -2.24. The van der Waals surface area contributed by atoms with Crippen LogP contribution in [0, 0.1) is 0 Å². The molecule has 0 fully saturated rings. The van der Waals surface area contributed by atoms with E-state index in [1.807, 2.05) is 0 Å². The van der Waals surface area contributed by atoms with Crippen LogP contribution in [0.15, 0.2) is 80.3 Å². The molecule has 0 spiro atoms. The molecule has 118 valence electrons. The first-order valence-electron chi connectivity index (χ1n) is 6.64. The van der Waals surface area contributed by atoms with E-state index in [1.165, 1.54) is 17.5 Å². The average molecular weight is 336 g/mol. The third-order valence-electron chi connectivity index (χ3n) is 3.12. The maximum Gasteiger partial charge on any atom is 0.452 e. The van der Waals surface area contributed by atoms with Gasteiger partial charge in [0.15, 0.2) is 0 Å². The molecular formula is C16H11F3N2OS. The lowest BCUT2D eigenvalue weighted by atomic mass is 10.2. The van der Waals surface area contributed by atoms with Crippen molar-refractivity contribution in [1.82, 2.24) is 0 Å². The van der Waals surface area contributed by atoms with E-state index in [-0.39, 0.29) is 10.6 Å². The molecule has 3 rings (SSSR count). The number of hydrogen-bond acceptors (Lipinski definition) is 3. The molecule has 0 N–H and O–H groups in total. The first-order valence-corrected chi connectivity index (χ1v) is 8.22. The highest BCUT2D eigenvalue weighted by molar-refractivity contribution is 7.97. The van der Waals surface area contributed by atoms with E-state index in [4.69, 9.17) is 0 Å². The zero-order chi connectivity index (χ0) is 16.5. The van der Waals surface area contributed by atoms with Crippen LogP contribution in [0.4, 0.5) is 13.2 Å². The Morgan fingerprint density at radius 1 is 0.870 bits per heavy atom. The fourth-order valence-electron chi connectivity index (χ4n) is 2.06. The monoisotopic (exact) mass is 336 g/mol. The Hall–Kier alpha value is -2.41. The predicted molar refractivity (Wildman–Crippen MR) is 83.2 cm³/mol. The lowest BCUT2D eigenvalue weighted by Gasteiger charge is -2.16. The predicted octanol–water partition coefficient (Wildman–Crippen LogP) is 4.49. The first kappa shape index (κ1) is 15.5. The molecule has 2 aromatic carbocycles. The Kier molecular flexibility index (Phi) is 3.81. The van der Waals surface area contributed by atoms with Gasteiger partial charge in [0.25, 0.3) is 0 Å². The summed E-state index contributed by atoms with van der Waals surface area (Å²) in [5, 5.41) is 1.20. The van der Waals surface area contributed by atoms with Crippen molar-refractivity contribution >= 4 is 21.3 Å². The topological polar surface area (TPSA) is 41.8 Å². The second kappa shape index (κ2) is 5.66. The van der Waals surface area contributed by atoms with E-state index >= 15 is 0 Å². The Morgan fingerprint density at radius 2 is 1.43 bits per heavy atom. The number of amidine groups is 1. The van der Waals surface area contributed by atoms with Crippen molar-refractivity contribution in [3.8, 4) is 0 Å². The Bertz CT molecular complexity index is 894. The number of benzene rings is 2. The number of halogens is 3. The molecule has 7 heteroatoms. The highest BCUT2D eigenvalue weighted by Crippen LogP contribution is 2.31. The van der Waals surface area contributed by atoms with E-state index in [2.05, 4.69) is 9.36 Å². The molecule has 3 nitrogen and oxygen atoms in total. The molecule has 1 aliphatic rings. The highest BCUT2D eigenvalue weighted by atomic mass is 32.2. The van der Waals surface area contributed by atoms with Crippen molar-refractivity contribution in [1.29, 1.82) is 0 Å². The SMILES string of the molecule is O=S1(c2ccccc2)=NC(C(F)(F)F)=NC(c2ccccc2)=C1. The zero-order valence-corrected chi connectivity index (χ0v) is 12.5. The van der Waals surface area contributed by atoms with Crippen LogP contribution in [-0.2, 0) is 9.73 Å². The molecule has 0 aromatic heterocycles. The fraction of sp³-hybridized carbons (Fsp3) is 0.0625. The van der Waals surface area contributed by atoms with Crippen molar-refractivity contribution in [3.63, 3.8) is 0 Å². The molecule has 0 radical (unpaired) electrons. The van der Waals surface area contributed by atoms with Gasteiger partial charge >= 0.3 is 6.18 Å². The number of nitrogens with zero attached hydrogens (tertiary/aromatic N) is 2. The van der Waals surface area contributed by atoms with Crippen molar-refractivity contribution < 1.29 is 17.4 Å². The molecule has 0 saturated heterocycles. The first-order chi connectivity index (χ1) is 10.9. The van der Waals surface area contributed by atoms with Gasteiger partial charge in [0, 0.05) is 11.0 Å². The molecule has 2 aromatic rings. The molecule has 0 aliphatic carbocycles. The van der Waals surface area contributed by atoms with Crippen LogP contribution in [0.3, 0.4) is 0 Å². The average Bonchev–Trinajstić information content (AvgIpc) is 2.55. The van der Waals surface area contributed by atoms with Gasteiger partial charge in [-0.1, -0.05) is 48.5 Å². The summed E-state index contributed by atoms with van der Waals surface area (Å²) >= 11 is 0. The number of alkyl halides is 3. The summed E-state index contributed by atoms with van der Waals surface area (Å²) in [5.41, 5.74) is 0.453. The van der Waals surface area contributed by atoms with Gasteiger partial charge in [0.2, 0.25) is 5.84 Å². The van der Waals surface area contributed by atoms with E-state index in [0.717, 1.165) is 0 Å². The van der Waals surface area contributed by atoms with Crippen molar-refractivity contribution in [2.75, 3.05) is 0 Å². The summed E-state index contributed by atoms with van der Waals surface area (Å²) in [6.07, 6.45) is -4.77. The van der Waals surface area contributed by atoms with Crippen molar-refractivity contribution in [2.24, 2.45) is 9.36 Å². The number of rotatable bonds is 2. The Balaban J connectivity index is 2.24. The van der Waals surface area contributed by atoms with Gasteiger partial charge in [-0.15, -0.1) is 0 Å². The number of hydrogen-bond donors (Lipinski definition) is 0. The van der Waals surface area contributed by atoms with Gasteiger partial charge in [-0.3, -0.25) is 0 Å². The lowest BCUT2D eigenvalue weighted by molar-refractivity contribution is -0.0595. The van der Waals surface area contributed by atoms with Crippen molar-refractivity contribution in [3.05, 3.63) is 71.6 Å². The third-order valence-corrected chi connectivity index (χ3v) is 5.06. The van der Waals surface area contributed by atoms with E-state index in [9.17, 15) is 17.4 Å². The van der Waals surface area contributed by atoms with Crippen LogP contribution in [0.25, 0.3) is 5.70 Å². The molecule has 1 unspecified atom stereocenters. The number of aliphatic imine (C=N–C) groups is 1. The van der Waals surface area contributed by atoms with Crippen molar-refractivity contribution in [2.45, 2.75) is 11.1 Å². The van der Waals surface area contributed by atoms with Gasteiger partial charge in [-0.25, -0.2) is 9.20 Å². The highest BCUT2D eigenvalue weighted by Gasteiger charge is 2.39. The van der Waals surface area contributed by atoms with Gasteiger partial charge in [0.05, 0.1) is 10.6 Å². The fourth-order valence-corrected chi connectivity index (χ4v) is 3.79. The summed E-state index contributed by atoms with van der Waals surface area (Å²) < 4.78 is 55.8. The summed E-state index contributed by atoms with van der Waals surface area (Å²) in [5.74, 6) is -1.38. The maximum absolute atomic E-state index is 13.1. The van der Waals surface area contributed by atoms with Crippen LogP contribution in [-0.4, -0.2) is 16.2 Å². The zero-order valence-electron chi connectivity index (χ0n) is 11.7. The normalized spacial score (nSPS) is 21.2. The smallest absolute Gasteiger partial charge is 0.240 e. The molecule has 0 bridgehead atoms. The third kappa shape index (κ3) is 3.19. The molecule has 1 atom stereocenters.